The molecule has 0 aliphatic carbocycles. The van der Waals surface area contributed by atoms with Crippen LogP contribution in [0.25, 0.3) is 0 Å². The molecule has 10 heavy (non-hydrogen) atoms. The van der Waals surface area contributed by atoms with Gasteiger partial charge in [0.25, 0.3) is 0 Å². The first-order chi connectivity index (χ1) is 4.83. The van der Waals surface area contributed by atoms with Crippen LogP contribution in [0.3, 0.4) is 0 Å². The molecule has 0 atom stereocenters. The number of hydrogen-bond donors (Lipinski definition) is 2. The van der Waals surface area contributed by atoms with E-state index in [0.29, 0.717) is 0 Å². The van der Waals surface area contributed by atoms with Crippen molar-refractivity contribution in [2.24, 2.45) is 5.73 Å². The van der Waals surface area contributed by atoms with E-state index in [4.69, 9.17) is 10.8 Å². The zero-order valence-electron chi connectivity index (χ0n) is 6.84. The molecule has 0 aliphatic rings. The summed E-state index contributed by atoms with van der Waals surface area (Å²) < 4.78 is 0. The van der Waals surface area contributed by atoms with Crippen molar-refractivity contribution in [2.45, 2.75) is 26.2 Å². The van der Waals surface area contributed by atoms with Crippen LogP contribution in [-0.4, -0.2) is 18.3 Å². The van der Waals surface area contributed by atoms with Crippen molar-refractivity contribution in [1.29, 1.82) is 0 Å². The van der Waals surface area contributed by atoms with Gasteiger partial charge in [-0.15, -0.1) is 6.58 Å². The SMILES string of the molecule is C=CCO.CCCCCN. The van der Waals surface area contributed by atoms with Crippen LogP contribution in [-0.2, 0) is 0 Å². The lowest BCUT2D eigenvalue weighted by molar-refractivity contribution is 0.343. The topological polar surface area (TPSA) is 46.2 Å². The molecule has 0 aromatic heterocycles. The minimum atomic E-state index is 0.0833. The smallest absolute Gasteiger partial charge is 0.0609 e. The van der Waals surface area contributed by atoms with Crippen molar-refractivity contribution >= 4 is 0 Å². The fraction of sp³-hybridized carbons (Fsp3) is 0.750. The van der Waals surface area contributed by atoms with E-state index >= 15 is 0 Å². The van der Waals surface area contributed by atoms with E-state index in [1.807, 2.05) is 0 Å². The van der Waals surface area contributed by atoms with Gasteiger partial charge in [0.1, 0.15) is 0 Å². The van der Waals surface area contributed by atoms with Crippen LogP contribution in [0.4, 0.5) is 0 Å². The summed E-state index contributed by atoms with van der Waals surface area (Å²) in [6, 6.07) is 0. The predicted octanol–water partition coefficient (Wildman–Crippen LogP) is 1.30. The average Bonchev–Trinajstić information content (AvgIpc) is 2.01. The van der Waals surface area contributed by atoms with E-state index in [9.17, 15) is 0 Å². The van der Waals surface area contributed by atoms with Gasteiger partial charge in [0.05, 0.1) is 6.61 Å². The Bertz CT molecular complexity index is 51.2. The van der Waals surface area contributed by atoms with Gasteiger partial charge >= 0.3 is 0 Å². The van der Waals surface area contributed by atoms with Crippen LogP contribution in [0.15, 0.2) is 12.7 Å². The highest BCUT2D eigenvalue weighted by atomic mass is 16.2. The van der Waals surface area contributed by atoms with Crippen LogP contribution < -0.4 is 5.73 Å². The Hall–Kier alpha value is -0.340. The Morgan fingerprint density at radius 3 is 2.10 bits per heavy atom. The summed E-state index contributed by atoms with van der Waals surface area (Å²) in [7, 11) is 0. The lowest BCUT2D eigenvalue weighted by Crippen LogP contribution is -1.96. The highest BCUT2D eigenvalue weighted by Crippen LogP contribution is 1.88. The number of hydrogen-bond acceptors (Lipinski definition) is 2. The van der Waals surface area contributed by atoms with E-state index in [1.165, 1.54) is 25.3 Å². The zero-order chi connectivity index (χ0) is 8.24. The van der Waals surface area contributed by atoms with Gasteiger partial charge in [0, 0.05) is 0 Å². The van der Waals surface area contributed by atoms with Crippen LogP contribution in [0.1, 0.15) is 26.2 Å². The minimum Gasteiger partial charge on any atom is -0.392 e. The molecule has 0 saturated carbocycles. The quantitative estimate of drug-likeness (QED) is 0.462. The van der Waals surface area contributed by atoms with Crippen molar-refractivity contribution in [1.82, 2.24) is 0 Å². The Morgan fingerprint density at radius 2 is 2.00 bits per heavy atom. The largest absolute Gasteiger partial charge is 0.392 e. The molecule has 0 amide bonds. The van der Waals surface area contributed by atoms with Crippen molar-refractivity contribution in [3.05, 3.63) is 12.7 Å². The molecule has 2 nitrogen and oxygen atoms in total. The molecule has 0 radical (unpaired) electrons. The van der Waals surface area contributed by atoms with Crippen molar-refractivity contribution in [3.63, 3.8) is 0 Å². The van der Waals surface area contributed by atoms with Gasteiger partial charge in [-0.05, 0) is 13.0 Å². The van der Waals surface area contributed by atoms with Crippen LogP contribution in [0.2, 0.25) is 0 Å². The first-order valence-electron chi connectivity index (χ1n) is 3.75. The summed E-state index contributed by atoms with van der Waals surface area (Å²) >= 11 is 0. The molecule has 0 spiro atoms. The van der Waals surface area contributed by atoms with Gasteiger partial charge in [-0.3, -0.25) is 0 Å². The maximum atomic E-state index is 7.76. The normalized spacial score (nSPS) is 7.90. The van der Waals surface area contributed by atoms with Crippen LogP contribution >= 0.6 is 0 Å². The zero-order valence-corrected chi connectivity index (χ0v) is 6.84. The lowest BCUT2D eigenvalue weighted by Gasteiger charge is -1.86. The molecule has 2 heteroatoms. The molecule has 0 aromatic rings. The van der Waals surface area contributed by atoms with Gasteiger partial charge in [-0.1, -0.05) is 25.8 Å². The van der Waals surface area contributed by atoms with E-state index in [0.717, 1.165) is 6.54 Å². The molecule has 0 heterocycles. The highest BCUT2D eigenvalue weighted by Gasteiger charge is 1.75. The van der Waals surface area contributed by atoms with E-state index in [1.54, 1.807) is 0 Å². The van der Waals surface area contributed by atoms with E-state index in [-0.39, 0.29) is 6.61 Å². The number of aliphatic hydroxyl groups is 1. The number of nitrogens with two attached hydrogens (primary N) is 1. The Balaban J connectivity index is 0. The fourth-order valence-corrected chi connectivity index (χ4v) is 0.394. The van der Waals surface area contributed by atoms with Crippen LogP contribution in [0, 0.1) is 0 Å². The predicted molar refractivity (Wildman–Crippen MR) is 45.9 cm³/mol. The molecule has 0 rings (SSSR count). The van der Waals surface area contributed by atoms with Gasteiger partial charge in [0.15, 0.2) is 0 Å². The maximum absolute atomic E-state index is 7.76. The molecule has 0 bridgehead atoms. The summed E-state index contributed by atoms with van der Waals surface area (Å²) in [5.41, 5.74) is 5.21. The molecule has 3 N–H and O–H groups in total. The molecule has 62 valence electrons. The first-order valence-corrected chi connectivity index (χ1v) is 3.75. The second kappa shape index (κ2) is 15.9. The third-order valence-electron chi connectivity index (χ3n) is 0.937. The van der Waals surface area contributed by atoms with Gasteiger partial charge < -0.3 is 10.8 Å². The molecule has 0 saturated heterocycles. The Morgan fingerprint density at radius 1 is 1.50 bits per heavy atom. The number of rotatable bonds is 4. The van der Waals surface area contributed by atoms with Crippen LogP contribution in [0.5, 0.6) is 0 Å². The average molecular weight is 145 g/mol. The van der Waals surface area contributed by atoms with Crippen molar-refractivity contribution in [3.8, 4) is 0 Å². The first kappa shape index (κ1) is 12.3. The summed E-state index contributed by atoms with van der Waals surface area (Å²) in [6.07, 6.45) is 5.18. The molecule has 0 aromatic carbocycles. The molecule has 0 aliphatic heterocycles. The summed E-state index contributed by atoms with van der Waals surface area (Å²) in [6.45, 7) is 6.34. The fourth-order valence-electron chi connectivity index (χ4n) is 0.394. The summed E-state index contributed by atoms with van der Waals surface area (Å²) in [5.74, 6) is 0. The third-order valence-corrected chi connectivity index (χ3v) is 0.937. The Labute approximate surface area is 63.7 Å². The van der Waals surface area contributed by atoms with Gasteiger partial charge in [0.2, 0.25) is 0 Å². The van der Waals surface area contributed by atoms with Crippen molar-refractivity contribution in [2.75, 3.05) is 13.2 Å². The summed E-state index contributed by atoms with van der Waals surface area (Å²) in [5, 5.41) is 7.76. The van der Waals surface area contributed by atoms with E-state index in [2.05, 4.69) is 13.5 Å². The lowest BCUT2D eigenvalue weighted by atomic mass is 10.3. The standard InChI is InChI=1S/C5H13N.C3H6O/c1-2-3-4-5-6;1-2-3-4/h2-6H2,1H3;2,4H,1,3H2. The highest BCUT2D eigenvalue weighted by molar-refractivity contribution is 4.60. The Kier molecular flexibility index (Phi) is 19.6. The van der Waals surface area contributed by atoms with Gasteiger partial charge in [-0.2, -0.15) is 0 Å². The third kappa shape index (κ3) is 25.4. The van der Waals surface area contributed by atoms with E-state index < -0.39 is 0 Å². The molecular formula is C8H19NO. The molecular weight excluding hydrogens is 126 g/mol. The maximum Gasteiger partial charge on any atom is 0.0609 e. The number of unbranched alkanes of at least 4 members (excludes halogenated alkanes) is 2. The van der Waals surface area contributed by atoms with Gasteiger partial charge in [-0.25, -0.2) is 0 Å². The minimum absolute atomic E-state index is 0.0833. The molecule has 0 fully saturated rings. The molecule has 0 unspecified atom stereocenters. The number of aliphatic hydroxyl groups excluding tert-OH is 1. The monoisotopic (exact) mass is 145 g/mol. The summed E-state index contributed by atoms with van der Waals surface area (Å²) in [4.78, 5) is 0. The second-order valence-electron chi connectivity index (χ2n) is 1.97. The van der Waals surface area contributed by atoms with Crippen molar-refractivity contribution < 1.29 is 5.11 Å². The second-order valence-corrected chi connectivity index (χ2v) is 1.97.